The molecule has 0 radical (unpaired) electrons. The Morgan fingerprint density at radius 2 is 1.02 bits per heavy atom. The van der Waals surface area contributed by atoms with E-state index in [1.165, 1.54) is 12.1 Å². The largest absolute Gasteiger partial charge is 0.507 e. The van der Waals surface area contributed by atoms with Crippen molar-refractivity contribution in [2.75, 3.05) is 6.61 Å². The highest BCUT2D eigenvalue weighted by Crippen LogP contribution is 2.60. The quantitative estimate of drug-likeness (QED) is 0.124. The molecule has 0 aromatic heterocycles. The van der Waals surface area contributed by atoms with E-state index < -0.39 is 125 Å². The number of aromatic hydroxyl groups is 8. The maximum absolute atomic E-state index is 12.2. The highest BCUT2D eigenvalue weighted by molar-refractivity contribution is 5.68. The van der Waals surface area contributed by atoms with Gasteiger partial charge in [-0.05, 0) is 35.4 Å². The molecule has 282 valence electrons. The molecule has 0 saturated carbocycles. The van der Waals surface area contributed by atoms with Gasteiger partial charge in [-0.3, -0.25) is 0 Å². The first-order valence-electron chi connectivity index (χ1n) is 16.3. The summed E-state index contributed by atoms with van der Waals surface area (Å²) in [5, 5.41) is 151. The van der Waals surface area contributed by atoms with E-state index in [4.69, 9.17) is 14.2 Å². The molecule has 17 nitrogen and oxygen atoms in total. The summed E-state index contributed by atoms with van der Waals surface area (Å²) < 4.78 is 18.2. The van der Waals surface area contributed by atoms with Crippen molar-refractivity contribution in [1.82, 2.24) is 0 Å². The van der Waals surface area contributed by atoms with Gasteiger partial charge in [0.25, 0.3) is 0 Å². The summed E-state index contributed by atoms with van der Waals surface area (Å²) in [6, 6.07) is 8.76. The van der Waals surface area contributed by atoms with Crippen LogP contribution in [0.15, 0.2) is 48.5 Å². The topological polar surface area (TPSA) is 311 Å². The third-order valence-electron chi connectivity index (χ3n) is 10.1. The zero-order valence-corrected chi connectivity index (χ0v) is 27.3. The molecule has 1 fully saturated rings. The Kier molecular flexibility index (Phi) is 8.98. The normalized spacial score (nSPS) is 29.4. The van der Waals surface area contributed by atoms with Crippen molar-refractivity contribution in [3.05, 3.63) is 81.9 Å². The van der Waals surface area contributed by atoms with Gasteiger partial charge in [0.05, 0.1) is 24.2 Å². The molecule has 7 rings (SSSR count). The number of phenols is 8. The van der Waals surface area contributed by atoms with Gasteiger partial charge >= 0.3 is 0 Å². The number of aliphatic hydroxyl groups is 6. The summed E-state index contributed by atoms with van der Waals surface area (Å²) in [5.74, 6) is -7.29. The summed E-state index contributed by atoms with van der Waals surface area (Å²) in [6.07, 6.45) is -15.3. The van der Waals surface area contributed by atoms with Crippen LogP contribution in [0.1, 0.15) is 57.6 Å². The van der Waals surface area contributed by atoms with Crippen molar-refractivity contribution >= 4 is 0 Å². The standard InChI is InChI=1S/C36H36O17/c37-10-23-28(47)30(49)31(50)36(51-23)26-21(45)9-20(44)25-27(29(48)33(53-35(25)26)12-2-4-15(39)18(42)6-12)24-19(43)8-16(40)13-7-22(46)32(52-34(13)24)11-1-3-14(38)17(41)5-11/h1-6,8-9,22-23,27-33,36-50H,7,10H2/t22-,23-,27+,28-,29-,30-,31+,32+,33+,36-/m0/s1. The fourth-order valence-corrected chi connectivity index (χ4v) is 7.40. The Hall–Kier alpha value is -5.40. The number of fused-ring (bicyclic) bond motifs is 2. The molecule has 17 heteroatoms. The van der Waals surface area contributed by atoms with E-state index in [1.54, 1.807) is 0 Å². The van der Waals surface area contributed by atoms with Gasteiger partial charge in [0.2, 0.25) is 0 Å². The average Bonchev–Trinajstić information content (AvgIpc) is 3.11. The van der Waals surface area contributed by atoms with Gasteiger partial charge in [0.1, 0.15) is 77.2 Å². The third-order valence-corrected chi connectivity index (χ3v) is 10.1. The van der Waals surface area contributed by atoms with E-state index in [9.17, 15) is 71.5 Å². The second kappa shape index (κ2) is 13.2. The smallest absolute Gasteiger partial charge is 0.157 e. The number of hydrogen-bond donors (Lipinski definition) is 14. The fraction of sp³-hybridized carbons (Fsp3) is 0.333. The average molecular weight is 741 g/mol. The predicted molar refractivity (Wildman–Crippen MR) is 176 cm³/mol. The van der Waals surface area contributed by atoms with Crippen molar-refractivity contribution in [3.8, 4) is 57.5 Å². The molecular formula is C36H36O17. The Bertz CT molecular complexity index is 2070. The van der Waals surface area contributed by atoms with E-state index >= 15 is 0 Å². The lowest BCUT2D eigenvalue weighted by Gasteiger charge is -2.44. The SMILES string of the molecule is OC[C@@H]1O[C@@H](c2c(O)cc(O)c3c2O[C@H](c2ccc(O)c(O)c2)[C@@H](O)[C@@H]3c2c(O)cc(O)c3c2O[C@H](c2ccc(O)c(O)c2)[C@@H](O)C3)[C@H](O)[C@@H](O)[C@H]1O. The van der Waals surface area contributed by atoms with Crippen LogP contribution in [0.3, 0.4) is 0 Å². The number of aliphatic hydroxyl groups excluding tert-OH is 6. The number of ether oxygens (including phenoxy) is 3. The molecule has 4 aromatic carbocycles. The molecule has 0 unspecified atom stereocenters. The molecule has 4 aromatic rings. The van der Waals surface area contributed by atoms with Crippen LogP contribution >= 0.6 is 0 Å². The van der Waals surface area contributed by atoms with Gasteiger partial charge < -0.3 is 85.7 Å². The molecule has 3 aliphatic rings. The second-order valence-corrected chi connectivity index (χ2v) is 13.3. The summed E-state index contributed by atoms with van der Waals surface area (Å²) in [7, 11) is 0. The number of hydrogen-bond acceptors (Lipinski definition) is 17. The molecule has 1 saturated heterocycles. The first kappa shape index (κ1) is 36.0. The van der Waals surface area contributed by atoms with Crippen LogP contribution in [0.4, 0.5) is 0 Å². The minimum absolute atomic E-state index is 0.00644. The van der Waals surface area contributed by atoms with Gasteiger partial charge in [-0.15, -0.1) is 0 Å². The maximum Gasteiger partial charge on any atom is 0.157 e. The molecule has 0 bridgehead atoms. The van der Waals surface area contributed by atoms with Gasteiger partial charge in [0, 0.05) is 35.2 Å². The summed E-state index contributed by atoms with van der Waals surface area (Å²) >= 11 is 0. The Balaban J connectivity index is 1.48. The number of rotatable bonds is 5. The zero-order valence-electron chi connectivity index (χ0n) is 27.3. The van der Waals surface area contributed by atoms with E-state index in [0.717, 1.165) is 36.4 Å². The van der Waals surface area contributed by atoms with Crippen LogP contribution in [0, 0.1) is 0 Å². The van der Waals surface area contributed by atoms with Crippen LogP contribution in [0.5, 0.6) is 57.5 Å². The third kappa shape index (κ3) is 5.78. The Morgan fingerprint density at radius 1 is 0.491 bits per heavy atom. The first-order chi connectivity index (χ1) is 25.1. The monoisotopic (exact) mass is 740 g/mol. The predicted octanol–water partition coefficient (Wildman–Crippen LogP) is 0.510. The van der Waals surface area contributed by atoms with Crippen molar-refractivity contribution in [2.24, 2.45) is 0 Å². The van der Waals surface area contributed by atoms with E-state index in [2.05, 4.69) is 0 Å². The van der Waals surface area contributed by atoms with E-state index in [1.807, 2.05) is 0 Å². The summed E-state index contributed by atoms with van der Waals surface area (Å²) in [5.41, 5.74) is -0.944. The molecule has 0 spiro atoms. The molecule has 0 amide bonds. The summed E-state index contributed by atoms with van der Waals surface area (Å²) in [4.78, 5) is 0. The molecule has 3 heterocycles. The van der Waals surface area contributed by atoms with Crippen LogP contribution in [0.25, 0.3) is 0 Å². The van der Waals surface area contributed by atoms with Gasteiger partial charge in [0.15, 0.2) is 29.1 Å². The minimum atomic E-state index is -1.97. The van der Waals surface area contributed by atoms with Crippen molar-refractivity contribution in [2.45, 2.75) is 67.3 Å². The van der Waals surface area contributed by atoms with Gasteiger partial charge in [-0.2, -0.15) is 0 Å². The Labute approximate surface area is 298 Å². The molecule has 10 atom stereocenters. The fourth-order valence-electron chi connectivity index (χ4n) is 7.40. The van der Waals surface area contributed by atoms with Crippen molar-refractivity contribution in [1.29, 1.82) is 0 Å². The summed E-state index contributed by atoms with van der Waals surface area (Å²) in [6.45, 7) is -0.837. The molecule has 0 aliphatic carbocycles. The number of benzene rings is 4. The van der Waals surface area contributed by atoms with Gasteiger partial charge in [-0.25, -0.2) is 0 Å². The lowest BCUT2D eigenvalue weighted by Crippen LogP contribution is -2.55. The molecule has 53 heavy (non-hydrogen) atoms. The maximum atomic E-state index is 12.2. The van der Waals surface area contributed by atoms with E-state index in [0.29, 0.717) is 0 Å². The lowest BCUT2D eigenvalue weighted by atomic mass is 9.76. The van der Waals surface area contributed by atoms with E-state index in [-0.39, 0.29) is 40.0 Å². The second-order valence-electron chi connectivity index (χ2n) is 13.3. The highest BCUT2D eigenvalue weighted by Gasteiger charge is 2.51. The van der Waals surface area contributed by atoms with Crippen LogP contribution in [0.2, 0.25) is 0 Å². The highest BCUT2D eigenvalue weighted by atomic mass is 16.6. The Morgan fingerprint density at radius 3 is 1.60 bits per heavy atom. The van der Waals surface area contributed by atoms with Crippen LogP contribution in [-0.4, -0.2) is 115 Å². The minimum Gasteiger partial charge on any atom is -0.507 e. The van der Waals surface area contributed by atoms with Gasteiger partial charge in [-0.1, -0.05) is 12.1 Å². The van der Waals surface area contributed by atoms with Crippen LogP contribution in [-0.2, 0) is 11.2 Å². The number of phenolic OH excluding ortho intramolecular Hbond substituents is 8. The first-order valence-corrected chi connectivity index (χ1v) is 16.3. The van der Waals surface area contributed by atoms with Crippen molar-refractivity contribution in [3.63, 3.8) is 0 Å². The molecular weight excluding hydrogens is 704 g/mol. The zero-order chi connectivity index (χ0) is 38.2. The lowest BCUT2D eigenvalue weighted by molar-refractivity contribution is -0.232. The van der Waals surface area contributed by atoms with Crippen molar-refractivity contribution < 1.29 is 85.7 Å². The van der Waals surface area contributed by atoms with Crippen LogP contribution < -0.4 is 9.47 Å². The molecule has 14 N–H and O–H groups in total. The molecule has 3 aliphatic heterocycles.